The number of hydrogen-bond acceptors (Lipinski definition) is 8. The van der Waals surface area contributed by atoms with Crippen molar-refractivity contribution >= 4 is 28.3 Å². The van der Waals surface area contributed by atoms with Crippen molar-refractivity contribution in [3.63, 3.8) is 0 Å². The van der Waals surface area contributed by atoms with E-state index in [9.17, 15) is 9.59 Å². The molecule has 0 fully saturated rings. The van der Waals surface area contributed by atoms with Crippen molar-refractivity contribution in [3.05, 3.63) is 26.4 Å². The molecule has 0 unspecified atom stereocenters. The summed E-state index contributed by atoms with van der Waals surface area (Å²) >= 11 is 2.35. The fraction of sp³-hybridized carbons (Fsp3) is 0.286. The number of thioether (sulfide) groups is 1. The lowest BCUT2D eigenvalue weighted by Gasteiger charge is -2.04. The molecule has 0 aliphatic carbocycles. The average Bonchev–Trinajstić information content (AvgIpc) is 2.68. The summed E-state index contributed by atoms with van der Waals surface area (Å²) in [5.74, 6) is 0.439. The van der Waals surface area contributed by atoms with Crippen LogP contribution in [-0.2, 0) is 12.8 Å². The van der Waals surface area contributed by atoms with Gasteiger partial charge in [-0.1, -0.05) is 16.3 Å². The first-order valence-electron chi connectivity index (χ1n) is 4.45. The van der Waals surface area contributed by atoms with Crippen molar-refractivity contribution in [1.29, 1.82) is 0 Å². The third kappa shape index (κ3) is 2.53. The number of nitrogen functional groups attached to an aromatic ring is 1. The molecule has 0 amide bonds. The number of nitrogens with one attached hydrogen (secondary N) is 1. The van der Waals surface area contributed by atoms with E-state index in [-0.39, 0.29) is 0 Å². The van der Waals surface area contributed by atoms with Crippen LogP contribution in [0.3, 0.4) is 0 Å². The summed E-state index contributed by atoms with van der Waals surface area (Å²) in [6, 6.07) is 0. The number of hydrogen-bond donors (Lipinski definition) is 2. The topological polar surface area (TPSA) is 120 Å². The zero-order valence-electron chi connectivity index (χ0n) is 8.71. The highest BCUT2D eigenvalue weighted by Gasteiger charge is 2.08. The molecule has 10 heteroatoms. The van der Waals surface area contributed by atoms with Crippen molar-refractivity contribution in [3.8, 4) is 0 Å². The molecule has 90 valence electrons. The maximum atomic E-state index is 11.1. The van der Waals surface area contributed by atoms with Gasteiger partial charge in [-0.2, -0.15) is 4.98 Å². The molecular weight excluding hydrogens is 264 g/mol. The van der Waals surface area contributed by atoms with E-state index in [0.717, 1.165) is 11.5 Å². The summed E-state index contributed by atoms with van der Waals surface area (Å²) in [6.45, 7) is 0. The van der Waals surface area contributed by atoms with Gasteiger partial charge in [0.25, 0.3) is 0 Å². The lowest BCUT2D eigenvalue weighted by molar-refractivity contribution is 0.596. The Bertz CT molecular complexity index is 644. The van der Waals surface area contributed by atoms with Crippen molar-refractivity contribution in [2.75, 3.05) is 5.73 Å². The van der Waals surface area contributed by atoms with Crippen LogP contribution in [0.25, 0.3) is 0 Å². The Labute approximate surface area is 103 Å². The summed E-state index contributed by atoms with van der Waals surface area (Å²) in [6.07, 6.45) is 0. The van der Waals surface area contributed by atoms with E-state index in [1.807, 2.05) is 0 Å². The molecule has 2 aromatic heterocycles. The fourth-order valence-electron chi connectivity index (χ4n) is 1.04. The van der Waals surface area contributed by atoms with Gasteiger partial charge in [0.05, 0.1) is 0 Å². The van der Waals surface area contributed by atoms with E-state index in [2.05, 4.69) is 19.7 Å². The molecule has 2 aromatic rings. The normalized spacial score (nSPS) is 10.6. The molecule has 17 heavy (non-hydrogen) atoms. The first-order chi connectivity index (χ1) is 8.08. The van der Waals surface area contributed by atoms with Crippen LogP contribution in [0.4, 0.5) is 5.00 Å². The van der Waals surface area contributed by atoms with Gasteiger partial charge in [-0.05, 0) is 0 Å². The Morgan fingerprint density at radius 3 is 2.94 bits per heavy atom. The summed E-state index contributed by atoms with van der Waals surface area (Å²) in [5, 5.41) is 7.11. The standard InChI is InChI=1S/C7H8N6O2S2/c1-13-7(9-5(14)6(15)11-13)16-2-3-4(8)17-12-10-3/h2,8H2,1H3,(H,11,15). The molecule has 0 bridgehead atoms. The van der Waals surface area contributed by atoms with E-state index in [0.29, 0.717) is 21.6 Å². The van der Waals surface area contributed by atoms with E-state index in [1.165, 1.54) is 16.4 Å². The zero-order chi connectivity index (χ0) is 12.4. The van der Waals surface area contributed by atoms with Gasteiger partial charge in [-0.3, -0.25) is 19.4 Å². The minimum absolute atomic E-state index is 0.391. The molecule has 2 rings (SSSR count). The second kappa shape index (κ2) is 4.67. The molecule has 0 aliphatic heterocycles. The van der Waals surface area contributed by atoms with Gasteiger partial charge >= 0.3 is 11.1 Å². The van der Waals surface area contributed by atoms with Crippen LogP contribution < -0.4 is 16.9 Å². The number of H-pyrrole nitrogens is 1. The van der Waals surface area contributed by atoms with Gasteiger partial charge < -0.3 is 5.73 Å². The minimum Gasteiger partial charge on any atom is -0.388 e. The summed E-state index contributed by atoms with van der Waals surface area (Å²) in [7, 11) is 1.60. The highest BCUT2D eigenvalue weighted by atomic mass is 32.2. The van der Waals surface area contributed by atoms with Gasteiger partial charge in [0, 0.05) is 24.3 Å². The number of anilines is 1. The molecule has 0 aliphatic rings. The lowest BCUT2D eigenvalue weighted by atomic mass is 10.5. The molecule has 0 saturated carbocycles. The average molecular weight is 272 g/mol. The second-order valence-corrected chi connectivity index (χ2v) is 4.80. The van der Waals surface area contributed by atoms with Crippen molar-refractivity contribution in [2.24, 2.45) is 7.05 Å². The fourth-order valence-corrected chi connectivity index (χ4v) is 2.44. The van der Waals surface area contributed by atoms with E-state index in [1.54, 1.807) is 7.05 Å². The Balaban J connectivity index is 2.20. The maximum Gasteiger partial charge on any atom is 0.339 e. The smallest absolute Gasteiger partial charge is 0.339 e. The largest absolute Gasteiger partial charge is 0.388 e. The van der Waals surface area contributed by atoms with Crippen molar-refractivity contribution in [1.82, 2.24) is 24.4 Å². The summed E-state index contributed by atoms with van der Waals surface area (Å²) < 4.78 is 5.07. The zero-order valence-corrected chi connectivity index (χ0v) is 10.3. The van der Waals surface area contributed by atoms with E-state index >= 15 is 0 Å². The van der Waals surface area contributed by atoms with Crippen molar-refractivity contribution in [2.45, 2.75) is 10.9 Å². The van der Waals surface area contributed by atoms with Crippen LogP contribution in [0, 0.1) is 0 Å². The number of aromatic nitrogens is 5. The maximum absolute atomic E-state index is 11.1. The highest BCUT2D eigenvalue weighted by molar-refractivity contribution is 7.98. The predicted octanol–water partition coefficient (Wildman–Crippen LogP) is -0.805. The van der Waals surface area contributed by atoms with Crippen LogP contribution in [0.2, 0.25) is 0 Å². The Hall–Kier alpha value is -1.68. The van der Waals surface area contributed by atoms with Gasteiger partial charge in [0.1, 0.15) is 10.7 Å². The molecule has 0 aromatic carbocycles. The molecule has 0 radical (unpaired) electrons. The summed E-state index contributed by atoms with van der Waals surface area (Å²) in [5.41, 5.74) is 4.72. The van der Waals surface area contributed by atoms with Gasteiger partial charge in [-0.15, -0.1) is 5.10 Å². The number of aromatic amines is 1. The Morgan fingerprint density at radius 1 is 1.53 bits per heavy atom. The summed E-state index contributed by atoms with van der Waals surface area (Å²) in [4.78, 5) is 25.7. The van der Waals surface area contributed by atoms with E-state index < -0.39 is 11.1 Å². The lowest BCUT2D eigenvalue weighted by Crippen LogP contribution is -2.33. The molecule has 8 nitrogen and oxygen atoms in total. The van der Waals surface area contributed by atoms with Gasteiger partial charge in [-0.25, -0.2) is 0 Å². The molecular formula is C7H8N6O2S2. The third-order valence-electron chi connectivity index (χ3n) is 1.87. The van der Waals surface area contributed by atoms with Crippen LogP contribution in [0.5, 0.6) is 0 Å². The minimum atomic E-state index is -0.810. The van der Waals surface area contributed by atoms with Gasteiger partial charge in [0.15, 0.2) is 5.16 Å². The number of nitrogens with two attached hydrogens (primary N) is 1. The number of nitrogens with zero attached hydrogens (tertiary/aromatic N) is 4. The monoisotopic (exact) mass is 272 g/mol. The van der Waals surface area contributed by atoms with Crippen LogP contribution >= 0.6 is 23.3 Å². The van der Waals surface area contributed by atoms with E-state index in [4.69, 9.17) is 5.73 Å². The first kappa shape index (κ1) is 11.8. The first-order valence-corrected chi connectivity index (χ1v) is 6.20. The van der Waals surface area contributed by atoms with Gasteiger partial charge in [0.2, 0.25) is 0 Å². The molecule has 0 spiro atoms. The molecule has 2 heterocycles. The van der Waals surface area contributed by atoms with Crippen LogP contribution in [0.1, 0.15) is 5.69 Å². The molecule has 0 saturated heterocycles. The van der Waals surface area contributed by atoms with Crippen molar-refractivity contribution < 1.29 is 0 Å². The second-order valence-electron chi connectivity index (χ2n) is 3.07. The Kier molecular flexibility index (Phi) is 3.24. The molecule has 3 N–H and O–H groups in total. The van der Waals surface area contributed by atoms with Crippen LogP contribution in [0.15, 0.2) is 14.7 Å². The third-order valence-corrected chi connectivity index (χ3v) is 3.51. The number of aryl methyl sites for hydroxylation is 1. The molecule has 0 atom stereocenters. The Morgan fingerprint density at radius 2 is 2.29 bits per heavy atom. The SMILES string of the molecule is Cn1[nH]c(=O)c(=O)nc1SCc1nnsc1N. The number of rotatable bonds is 3. The predicted molar refractivity (Wildman–Crippen MR) is 64.0 cm³/mol. The highest BCUT2D eigenvalue weighted by Crippen LogP contribution is 2.22. The van der Waals surface area contributed by atoms with Crippen LogP contribution in [-0.4, -0.2) is 24.4 Å². The quantitative estimate of drug-likeness (QED) is 0.554.